The fourth-order valence-electron chi connectivity index (χ4n) is 2.96. The number of sulfonamides is 1. The molecule has 0 radical (unpaired) electrons. The van der Waals surface area contributed by atoms with Gasteiger partial charge in [0, 0.05) is 33.2 Å². The highest BCUT2D eigenvalue weighted by Crippen LogP contribution is 2.16. The van der Waals surface area contributed by atoms with E-state index in [1.54, 1.807) is 7.05 Å². The molecule has 28 heavy (non-hydrogen) atoms. The first kappa shape index (κ1) is 24.5. The molecule has 0 saturated carbocycles. The number of ether oxygens (including phenoxy) is 1. The Hall–Kier alpha value is -1.55. The van der Waals surface area contributed by atoms with Gasteiger partial charge in [0.1, 0.15) is 5.60 Å². The number of amides is 1. The lowest BCUT2D eigenvalue weighted by atomic mass is 9.93. The molecule has 3 N–H and O–H groups in total. The number of nitrogens with zero attached hydrogens (tertiary/aromatic N) is 2. The largest absolute Gasteiger partial charge is 0.444 e. The van der Waals surface area contributed by atoms with Gasteiger partial charge in [-0.1, -0.05) is 13.8 Å². The Morgan fingerprint density at radius 2 is 1.82 bits per heavy atom. The number of nitrogens with one attached hydrogen (secondary N) is 3. The van der Waals surface area contributed by atoms with Crippen LogP contribution in [0, 0.1) is 0 Å². The molecule has 1 rings (SSSR count). The van der Waals surface area contributed by atoms with E-state index in [4.69, 9.17) is 4.74 Å². The van der Waals surface area contributed by atoms with Gasteiger partial charge in [-0.15, -0.1) is 0 Å². The molecule has 1 aliphatic rings. The van der Waals surface area contributed by atoms with Crippen LogP contribution in [0.3, 0.4) is 0 Å². The summed E-state index contributed by atoms with van der Waals surface area (Å²) in [6.45, 7) is 11.4. The molecular weight excluding hydrogens is 382 g/mol. The first-order valence-corrected chi connectivity index (χ1v) is 11.5. The number of carbonyl (C=O) groups is 1. The molecule has 0 unspecified atom stereocenters. The fourth-order valence-corrected chi connectivity index (χ4v) is 4.48. The van der Waals surface area contributed by atoms with Gasteiger partial charge in [0.25, 0.3) is 0 Å². The summed E-state index contributed by atoms with van der Waals surface area (Å²) in [5, 5.41) is 9.35. The van der Waals surface area contributed by atoms with Gasteiger partial charge in [0.05, 0.1) is 11.3 Å². The molecule has 1 aliphatic heterocycles. The lowest BCUT2D eigenvalue weighted by Gasteiger charge is -2.34. The van der Waals surface area contributed by atoms with E-state index in [0.29, 0.717) is 38.6 Å². The highest BCUT2D eigenvalue weighted by atomic mass is 32.2. The van der Waals surface area contributed by atoms with Crippen molar-refractivity contribution >= 4 is 22.1 Å². The van der Waals surface area contributed by atoms with Gasteiger partial charge in [0.2, 0.25) is 10.0 Å². The van der Waals surface area contributed by atoms with Crippen LogP contribution in [0.15, 0.2) is 4.99 Å². The van der Waals surface area contributed by atoms with E-state index in [2.05, 4.69) is 20.9 Å². The molecule has 0 aliphatic carbocycles. The van der Waals surface area contributed by atoms with Crippen LogP contribution in [0.5, 0.6) is 0 Å². The molecule has 1 fully saturated rings. The van der Waals surface area contributed by atoms with Gasteiger partial charge in [-0.2, -0.15) is 0 Å². The van der Waals surface area contributed by atoms with E-state index >= 15 is 0 Å². The number of aliphatic imine (C=N–C) groups is 1. The normalized spacial score (nSPS) is 18.0. The van der Waals surface area contributed by atoms with Gasteiger partial charge < -0.3 is 20.7 Å². The second-order valence-electron chi connectivity index (χ2n) is 8.04. The summed E-state index contributed by atoms with van der Waals surface area (Å²) in [5.74, 6) is 0.792. The van der Waals surface area contributed by atoms with E-state index in [-0.39, 0.29) is 5.75 Å². The quantitative estimate of drug-likeness (QED) is 0.403. The molecule has 1 heterocycles. The predicted octanol–water partition coefficient (Wildman–Crippen LogP) is 1.27. The highest BCUT2D eigenvalue weighted by molar-refractivity contribution is 7.89. The van der Waals surface area contributed by atoms with Crippen LogP contribution < -0.4 is 16.0 Å². The van der Waals surface area contributed by atoms with Crippen molar-refractivity contribution < 1.29 is 17.9 Å². The maximum Gasteiger partial charge on any atom is 0.408 e. The smallest absolute Gasteiger partial charge is 0.408 e. The van der Waals surface area contributed by atoms with Crippen LogP contribution in [-0.2, 0) is 14.8 Å². The zero-order valence-corrected chi connectivity index (χ0v) is 18.9. The number of alkyl carbamates (subject to hydrolysis) is 1. The summed E-state index contributed by atoms with van der Waals surface area (Å²) in [4.78, 5) is 16.4. The Morgan fingerprint density at radius 1 is 1.18 bits per heavy atom. The van der Waals surface area contributed by atoms with Crippen LogP contribution in [0.25, 0.3) is 0 Å². The third-order valence-corrected chi connectivity index (χ3v) is 6.75. The average Bonchev–Trinajstić information content (AvgIpc) is 2.93. The predicted molar refractivity (Wildman–Crippen MR) is 112 cm³/mol. The summed E-state index contributed by atoms with van der Waals surface area (Å²) in [6.07, 6.45) is 1.68. The third-order valence-electron chi connectivity index (χ3n) is 4.79. The second-order valence-corrected chi connectivity index (χ2v) is 10.1. The SMILES string of the molecule is CCC(CC)(CNC(=NC)NCCN1CCCS1(=O)=O)NC(=O)OC(C)(C)C. The molecule has 10 heteroatoms. The maximum atomic E-state index is 12.2. The molecule has 9 nitrogen and oxygen atoms in total. The number of hydrogen-bond donors (Lipinski definition) is 3. The molecule has 0 aromatic heterocycles. The molecule has 0 spiro atoms. The number of hydrogen-bond acceptors (Lipinski definition) is 5. The van der Waals surface area contributed by atoms with Crippen LogP contribution in [-0.4, -0.2) is 74.9 Å². The topological polar surface area (TPSA) is 112 Å². The number of carbonyl (C=O) groups excluding carboxylic acids is 1. The Balaban J connectivity index is 2.56. The lowest BCUT2D eigenvalue weighted by Crippen LogP contribution is -2.57. The van der Waals surface area contributed by atoms with Gasteiger partial charge in [-0.05, 0) is 40.0 Å². The summed E-state index contributed by atoms with van der Waals surface area (Å²) >= 11 is 0. The molecule has 0 atom stereocenters. The van der Waals surface area contributed by atoms with Crippen molar-refractivity contribution in [1.29, 1.82) is 0 Å². The summed E-state index contributed by atoms with van der Waals surface area (Å²) < 4.78 is 30.6. The maximum absolute atomic E-state index is 12.2. The standard InChI is InChI=1S/C18H37N5O4S/c1-7-18(8-2,22-16(24)27-17(3,4)5)14-21-15(19-6)20-10-12-23-11-9-13-28(23,25)26/h7-14H2,1-6H3,(H,22,24)(H2,19,20,21). The molecule has 0 aromatic rings. The Bertz CT molecular complexity index is 639. The van der Waals surface area contributed by atoms with Gasteiger partial charge in [-0.25, -0.2) is 17.5 Å². The molecule has 164 valence electrons. The van der Waals surface area contributed by atoms with Crippen molar-refractivity contribution in [2.45, 2.75) is 65.0 Å². The van der Waals surface area contributed by atoms with Crippen LogP contribution in [0.1, 0.15) is 53.9 Å². The van der Waals surface area contributed by atoms with Crippen LogP contribution in [0.2, 0.25) is 0 Å². The fraction of sp³-hybridized carbons (Fsp3) is 0.889. The van der Waals surface area contributed by atoms with Crippen LogP contribution in [0.4, 0.5) is 4.79 Å². The van der Waals surface area contributed by atoms with Gasteiger partial charge in [-0.3, -0.25) is 4.99 Å². The zero-order chi connectivity index (χ0) is 21.4. The average molecular weight is 420 g/mol. The summed E-state index contributed by atoms with van der Waals surface area (Å²) in [6, 6.07) is 0. The van der Waals surface area contributed by atoms with Crippen molar-refractivity contribution in [2.24, 2.45) is 4.99 Å². The molecule has 1 saturated heterocycles. The third kappa shape index (κ3) is 7.83. The van der Waals surface area contributed by atoms with Crippen molar-refractivity contribution in [3.05, 3.63) is 0 Å². The van der Waals surface area contributed by atoms with E-state index in [0.717, 1.165) is 12.8 Å². The van der Waals surface area contributed by atoms with Gasteiger partial charge in [0.15, 0.2) is 5.96 Å². The number of guanidine groups is 1. The Kier molecular flexibility index (Phi) is 9.00. The minimum Gasteiger partial charge on any atom is -0.444 e. The first-order valence-electron chi connectivity index (χ1n) is 9.90. The van der Waals surface area contributed by atoms with Crippen LogP contribution >= 0.6 is 0 Å². The Morgan fingerprint density at radius 3 is 2.29 bits per heavy atom. The zero-order valence-electron chi connectivity index (χ0n) is 18.1. The highest BCUT2D eigenvalue weighted by Gasteiger charge is 2.31. The summed E-state index contributed by atoms with van der Waals surface area (Å²) in [7, 11) is -1.44. The van der Waals surface area contributed by atoms with E-state index < -0.39 is 27.3 Å². The Labute approximate surface area is 169 Å². The van der Waals surface area contributed by atoms with E-state index in [1.165, 1.54) is 4.31 Å². The first-order chi connectivity index (χ1) is 13.0. The van der Waals surface area contributed by atoms with E-state index in [1.807, 2.05) is 34.6 Å². The molecule has 0 bridgehead atoms. The molecular formula is C18H37N5O4S. The van der Waals surface area contributed by atoms with E-state index in [9.17, 15) is 13.2 Å². The number of rotatable bonds is 8. The molecule has 1 amide bonds. The van der Waals surface area contributed by atoms with Crippen molar-refractivity contribution in [1.82, 2.24) is 20.3 Å². The summed E-state index contributed by atoms with van der Waals surface area (Å²) in [5.41, 5.74) is -1.03. The van der Waals surface area contributed by atoms with Crippen molar-refractivity contribution in [3.8, 4) is 0 Å². The second kappa shape index (κ2) is 10.3. The van der Waals surface area contributed by atoms with Crippen molar-refractivity contribution in [2.75, 3.05) is 39.0 Å². The lowest BCUT2D eigenvalue weighted by molar-refractivity contribution is 0.0448. The molecule has 0 aromatic carbocycles. The van der Waals surface area contributed by atoms with Gasteiger partial charge >= 0.3 is 6.09 Å². The van der Waals surface area contributed by atoms with Crippen molar-refractivity contribution in [3.63, 3.8) is 0 Å². The minimum absolute atomic E-state index is 0.228. The minimum atomic E-state index is -3.09. The monoisotopic (exact) mass is 419 g/mol.